The van der Waals surface area contributed by atoms with Gasteiger partial charge >= 0.3 is 0 Å². The summed E-state index contributed by atoms with van der Waals surface area (Å²) in [4.78, 5) is 12.0. The molecule has 1 saturated carbocycles. The third-order valence-corrected chi connectivity index (χ3v) is 3.80. The number of rotatable bonds is 4. The van der Waals surface area contributed by atoms with Crippen molar-refractivity contribution in [1.29, 1.82) is 0 Å². The average Bonchev–Trinajstić information content (AvgIpc) is 2.31. The van der Waals surface area contributed by atoms with Gasteiger partial charge in [-0.15, -0.1) is 0 Å². The van der Waals surface area contributed by atoms with E-state index in [-0.39, 0.29) is 11.5 Å². The molecule has 0 aliphatic heterocycles. The fraction of sp³-hybridized carbons (Fsp3) is 0.500. The standard InChI is InChI=1S/C14H20N2O2/c1-10-8-11(4-5-12(10)15)13(17)16-9-14(18-2)6-3-7-14/h4-5,8H,3,6-7,9,15H2,1-2H3,(H,16,17). The van der Waals surface area contributed by atoms with Gasteiger partial charge in [0.05, 0.1) is 5.60 Å². The van der Waals surface area contributed by atoms with Crippen molar-refractivity contribution in [1.82, 2.24) is 5.32 Å². The van der Waals surface area contributed by atoms with Crippen molar-refractivity contribution >= 4 is 11.6 Å². The molecule has 0 bridgehead atoms. The quantitative estimate of drug-likeness (QED) is 0.800. The van der Waals surface area contributed by atoms with Gasteiger partial charge in [-0.2, -0.15) is 0 Å². The van der Waals surface area contributed by atoms with Crippen LogP contribution in [0.25, 0.3) is 0 Å². The zero-order valence-corrected chi connectivity index (χ0v) is 11.0. The van der Waals surface area contributed by atoms with Crippen LogP contribution < -0.4 is 11.1 Å². The summed E-state index contributed by atoms with van der Waals surface area (Å²) in [7, 11) is 1.71. The van der Waals surface area contributed by atoms with E-state index in [0.29, 0.717) is 17.8 Å². The highest BCUT2D eigenvalue weighted by molar-refractivity contribution is 5.94. The highest BCUT2D eigenvalue weighted by atomic mass is 16.5. The van der Waals surface area contributed by atoms with E-state index in [0.717, 1.165) is 18.4 Å². The highest BCUT2D eigenvalue weighted by Gasteiger charge is 2.37. The fourth-order valence-electron chi connectivity index (χ4n) is 2.18. The second kappa shape index (κ2) is 4.98. The maximum absolute atomic E-state index is 12.0. The number of ether oxygens (including phenoxy) is 1. The average molecular weight is 248 g/mol. The van der Waals surface area contributed by atoms with Crippen molar-refractivity contribution in [2.75, 3.05) is 19.4 Å². The number of benzene rings is 1. The molecule has 1 aliphatic carbocycles. The van der Waals surface area contributed by atoms with E-state index in [1.807, 2.05) is 13.0 Å². The van der Waals surface area contributed by atoms with Gasteiger partial charge in [0.15, 0.2) is 0 Å². The highest BCUT2D eigenvalue weighted by Crippen LogP contribution is 2.34. The molecule has 4 heteroatoms. The molecule has 4 nitrogen and oxygen atoms in total. The summed E-state index contributed by atoms with van der Waals surface area (Å²) in [6.45, 7) is 2.47. The molecule has 1 aromatic rings. The molecule has 98 valence electrons. The maximum Gasteiger partial charge on any atom is 0.251 e. The van der Waals surface area contributed by atoms with Gasteiger partial charge < -0.3 is 15.8 Å². The lowest BCUT2D eigenvalue weighted by molar-refractivity contribution is -0.0679. The van der Waals surface area contributed by atoms with Crippen LogP contribution in [0.3, 0.4) is 0 Å². The molecule has 0 saturated heterocycles. The van der Waals surface area contributed by atoms with Gasteiger partial charge in [-0.3, -0.25) is 4.79 Å². The van der Waals surface area contributed by atoms with Crippen LogP contribution in [-0.4, -0.2) is 25.2 Å². The summed E-state index contributed by atoms with van der Waals surface area (Å²) in [5.74, 6) is -0.0681. The normalized spacial score (nSPS) is 17.0. The molecule has 0 spiro atoms. The number of anilines is 1. The van der Waals surface area contributed by atoms with Crippen LogP contribution >= 0.6 is 0 Å². The Balaban J connectivity index is 1.97. The van der Waals surface area contributed by atoms with E-state index in [4.69, 9.17) is 10.5 Å². The molecule has 2 rings (SSSR count). The van der Waals surface area contributed by atoms with Crippen LogP contribution in [0.2, 0.25) is 0 Å². The van der Waals surface area contributed by atoms with Gasteiger partial charge in [-0.1, -0.05) is 0 Å². The van der Waals surface area contributed by atoms with Crippen LogP contribution in [0.5, 0.6) is 0 Å². The summed E-state index contributed by atoms with van der Waals surface area (Å²) < 4.78 is 5.47. The van der Waals surface area contributed by atoms with E-state index >= 15 is 0 Å². The molecule has 1 aromatic carbocycles. The van der Waals surface area contributed by atoms with E-state index in [2.05, 4.69) is 5.32 Å². The molecular formula is C14H20N2O2. The summed E-state index contributed by atoms with van der Waals surface area (Å²) in [5.41, 5.74) is 7.87. The van der Waals surface area contributed by atoms with Crippen LogP contribution in [0, 0.1) is 6.92 Å². The van der Waals surface area contributed by atoms with Crippen LogP contribution in [0.15, 0.2) is 18.2 Å². The first-order chi connectivity index (χ1) is 8.56. The first-order valence-corrected chi connectivity index (χ1v) is 6.26. The zero-order chi connectivity index (χ0) is 13.2. The number of carbonyl (C=O) groups is 1. The molecule has 0 radical (unpaired) electrons. The van der Waals surface area contributed by atoms with Crippen molar-refractivity contribution in [3.8, 4) is 0 Å². The molecule has 3 N–H and O–H groups in total. The molecular weight excluding hydrogens is 228 g/mol. The van der Waals surface area contributed by atoms with Crippen molar-refractivity contribution in [2.24, 2.45) is 0 Å². The van der Waals surface area contributed by atoms with Crippen molar-refractivity contribution in [2.45, 2.75) is 31.8 Å². The Morgan fingerprint density at radius 2 is 2.22 bits per heavy atom. The molecule has 0 aromatic heterocycles. The Morgan fingerprint density at radius 3 is 2.72 bits per heavy atom. The van der Waals surface area contributed by atoms with Crippen molar-refractivity contribution in [3.05, 3.63) is 29.3 Å². The number of aryl methyl sites for hydroxylation is 1. The Morgan fingerprint density at radius 1 is 1.50 bits per heavy atom. The zero-order valence-electron chi connectivity index (χ0n) is 11.0. The minimum atomic E-state index is -0.140. The van der Waals surface area contributed by atoms with Crippen LogP contribution in [0.1, 0.15) is 35.2 Å². The molecule has 1 fully saturated rings. The molecule has 1 amide bonds. The minimum Gasteiger partial charge on any atom is -0.399 e. The second-order valence-corrected chi connectivity index (χ2v) is 4.99. The van der Waals surface area contributed by atoms with Gasteiger partial charge in [0.25, 0.3) is 5.91 Å². The number of hydrogen-bond donors (Lipinski definition) is 2. The van der Waals surface area contributed by atoms with E-state index < -0.39 is 0 Å². The first kappa shape index (κ1) is 12.9. The van der Waals surface area contributed by atoms with E-state index in [1.54, 1.807) is 19.2 Å². The largest absolute Gasteiger partial charge is 0.399 e. The van der Waals surface area contributed by atoms with Gasteiger partial charge in [0.1, 0.15) is 0 Å². The van der Waals surface area contributed by atoms with E-state index in [1.165, 1.54) is 6.42 Å². The number of nitrogens with one attached hydrogen (secondary N) is 1. The smallest absolute Gasteiger partial charge is 0.251 e. The van der Waals surface area contributed by atoms with Gasteiger partial charge in [-0.05, 0) is 49.9 Å². The molecule has 18 heavy (non-hydrogen) atoms. The number of hydrogen-bond acceptors (Lipinski definition) is 3. The molecule has 1 aliphatic rings. The lowest BCUT2D eigenvalue weighted by Crippen LogP contribution is -2.49. The molecule has 0 heterocycles. The predicted octanol–water partition coefficient (Wildman–Crippen LogP) is 1.88. The maximum atomic E-state index is 12.0. The molecule has 0 atom stereocenters. The van der Waals surface area contributed by atoms with Gasteiger partial charge in [-0.25, -0.2) is 0 Å². The van der Waals surface area contributed by atoms with Crippen molar-refractivity contribution < 1.29 is 9.53 Å². The predicted molar refractivity (Wildman–Crippen MR) is 71.5 cm³/mol. The summed E-state index contributed by atoms with van der Waals surface area (Å²) in [5, 5.41) is 2.93. The number of methoxy groups -OCH3 is 1. The second-order valence-electron chi connectivity index (χ2n) is 4.99. The lowest BCUT2D eigenvalue weighted by Gasteiger charge is -2.40. The number of amides is 1. The summed E-state index contributed by atoms with van der Waals surface area (Å²) in [6, 6.07) is 5.32. The summed E-state index contributed by atoms with van der Waals surface area (Å²) in [6.07, 6.45) is 3.21. The van der Waals surface area contributed by atoms with Crippen LogP contribution in [0.4, 0.5) is 5.69 Å². The number of nitrogens with two attached hydrogens (primary N) is 1. The van der Waals surface area contributed by atoms with Gasteiger partial charge in [0.2, 0.25) is 0 Å². The van der Waals surface area contributed by atoms with Crippen LogP contribution in [-0.2, 0) is 4.74 Å². The SMILES string of the molecule is COC1(CNC(=O)c2ccc(N)c(C)c2)CCC1. The topological polar surface area (TPSA) is 64.3 Å². The summed E-state index contributed by atoms with van der Waals surface area (Å²) >= 11 is 0. The van der Waals surface area contributed by atoms with Gasteiger partial charge in [0, 0.05) is 24.9 Å². The van der Waals surface area contributed by atoms with E-state index in [9.17, 15) is 4.79 Å². The fourth-order valence-corrected chi connectivity index (χ4v) is 2.18. The van der Waals surface area contributed by atoms with Crippen molar-refractivity contribution in [3.63, 3.8) is 0 Å². The monoisotopic (exact) mass is 248 g/mol. The lowest BCUT2D eigenvalue weighted by atomic mass is 9.80. The number of carbonyl (C=O) groups excluding carboxylic acids is 1. The third-order valence-electron chi connectivity index (χ3n) is 3.80. The minimum absolute atomic E-state index is 0.0681. The Kier molecular flexibility index (Phi) is 3.57. The Labute approximate surface area is 108 Å². The number of nitrogen functional groups attached to an aromatic ring is 1. The Hall–Kier alpha value is -1.55. The Bertz CT molecular complexity index is 448. The molecule has 0 unspecified atom stereocenters. The first-order valence-electron chi connectivity index (χ1n) is 6.26. The third kappa shape index (κ3) is 2.48.